The van der Waals surface area contributed by atoms with Gasteiger partial charge in [0.2, 0.25) is 0 Å². The number of anilines is 1. The molecule has 7 heteroatoms. The predicted octanol–water partition coefficient (Wildman–Crippen LogP) is 4.76. The fraction of sp³-hybridized carbons (Fsp3) is 0.208. The summed E-state index contributed by atoms with van der Waals surface area (Å²) >= 11 is 0. The number of carbonyl (C=O) groups excluding carboxylic acids is 1. The second kappa shape index (κ2) is 8.89. The normalized spacial score (nSPS) is 12.3. The Bertz CT molecular complexity index is 1190. The van der Waals surface area contributed by atoms with E-state index in [2.05, 4.69) is 5.32 Å². The fourth-order valence-electron chi connectivity index (χ4n) is 3.20. The topological polar surface area (TPSA) is 66.5 Å². The summed E-state index contributed by atoms with van der Waals surface area (Å²) in [5.74, 6) is -0.692. The van der Waals surface area contributed by atoms with E-state index in [-0.39, 0.29) is 22.7 Å². The molecule has 0 saturated heterocycles. The first-order valence-electron chi connectivity index (χ1n) is 9.82. The van der Waals surface area contributed by atoms with Crippen molar-refractivity contribution in [1.82, 2.24) is 5.32 Å². The minimum absolute atomic E-state index is 0.180. The zero-order valence-electron chi connectivity index (χ0n) is 17.9. The van der Waals surface area contributed by atoms with Crippen LogP contribution in [-0.2, 0) is 10.0 Å². The van der Waals surface area contributed by atoms with Crippen molar-refractivity contribution < 1.29 is 17.6 Å². The zero-order chi connectivity index (χ0) is 22.8. The number of halogens is 1. The van der Waals surface area contributed by atoms with Gasteiger partial charge in [-0.25, -0.2) is 12.8 Å². The summed E-state index contributed by atoms with van der Waals surface area (Å²) in [6, 6.07) is 17.1. The van der Waals surface area contributed by atoms with E-state index in [1.165, 1.54) is 23.5 Å². The Morgan fingerprint density at radius 3 is 2.19 bits per heavy atom. The van der Waals surface area contributed by atoms with Crippen molar-refractivity contribution in [2.45, 2.75) is 31.7 Å². The maximum Gasteiger partial charge on any atom is 0.264 e. The summed E-state index contributed by atoms with van der Waals surface area (Å²) in [5.41, 5.74) is 3.21. The first-order chi connectivity index (χ1) is 14.6. The van der Waals surface area contributed by atoms with Crippen LogP contribution >= 0.6 is 0 Å². The number of benzene rings is 3. The van der Waals surface area contributed by atoms with Crippen LogP contribution in [0.5, 0.6) is 0 Å². The van der Waals surface area contributed by atoms with Crippen LogP contribution in [0.15, 0.2) is 71.6 Å². The van der Waals surface area contributed by atoms with Gasteiger partial charge in [0.1, 0.15) is 5.82 Å². The molecule has 1 atom stereocenters. The molecule has 0 fully saturated rings. The van der Waals surface area contributed by atoms with Gasteiger partial charge in [-0.3, -0.25) is 9.10 Å². The molecule has 0 radical (unpaired) electrons. The van der Waals surface area contributed by atoms with Crippen molar-refractivity contribution in [3.8, 4) is 0 Å². The minimum atomic E-state index is -3.78. The van der Waals surface area contributed by atoms with Crippen LogP contribution in [0.1, 0.15) is 40.0 Å². The summed E-state index contributed by atoms with van der Waals surface area (Å²) in [6.07, 6.45) is 0. The zero-order valence-corrected chi connectivity index (χ0v) is 18.7. The van der Waals surface area contributed by atoms with E-state index in [0.29, 0.717) is 11.3 Å². The average molecular weight is 441 g/mol. The van der Waals surface area contributed by atoms with Gasteiger partial charge in [0.25, 0.3) is 15.9 Å². The largest absolute Gasteiger partial charge is 0.346 e. The Morgan fingerprint density at radius 2 is 1.58 bits per heavy atom. The lowest BCUT2D eigenvalue weighted by molar-refractivity contribution is 0.0940. The minimum Gasteiger partial charge on any atom is -0.346 e. The van der Waals surface area contributed by atoms with Gasteiger partial charge in [0.05, 0.1) is 16.6 Å². The van der Waals surface area contributed by atoms with Crippen LogP contribution in [0.4, 0.5) is 10.1 Å². The van der Waals surface area contributed by atoms with Crippen molar-refractivity contribution in [1.29, 1.82) is 0 Å². The third-order valence-corrected chi connectivity index (χ3v) is 6.99. The molecule has 0 unspecified atom stereocenters. The van der Waals surface area contributed by atoms with Crippen LogP contribution in [0.3, 0.4) is 0 Å². The molecule has 0 bridgehead atoms. The smallest absolute Gasteiger partial charge is 0.264 e. The highest BCUT2D eigenvalue weighted by Crippen LogP contribution is 2.27. The van der Waals surface area contributed by atoms with E-state index in [4.69, 9.17) is 0 Å². The molecule has 3 aromatic carbocycles. The number of hydrogen-bond donors (Lipinski definition) is 1. The Balaban J connectivity index is 1.86. The predicted molar refractivity (Wildman–Crippen MR) is 120 cm³/mol. The van der Waals surface area contributed by atoms with E-state index in [1.807, 2.05) is 6.92 Å². The van der Waals surface area contributed by atoms with E-state index >= 15 is 0 Å². The summed E-state index contributed by atoms with van der Waals surface area (Å²) < 4.78 is 40.4. The second-order valence-electron chi connectivity index (χ2n) is 7.53. The van der Waals surface area contributed by atoms with Crippen molar-refractivity contribution in [2.75, 3.05) is 11.4 Å². The quantitative estimate of drug-likeness (QED) is 0.601. The number of nitrogens with zero attached hydrogens (tertiary/aromatic N) is 1. The van der Waals surface area contributed by atoms with Crippen LogP contribution in [0, 0.1) is 19.7 Å². The van der Waals surface area contributed by atoms with E-state index in [9.17, 15) is 17.6 Å². The molecular formula is C24H25FN2O3S. The molecule has 0 saturated carbocycles. The molecule has 3 rings (SSSR count). The molecule has 1 N–H and O–H groups in total. The molecule has 0 aliphatic carbocycles. The van der Waals surface area contributed by atoms with Crippen LogP contribution in [0.25, 0.3) is 0 Å². The average Bonchev–Trinajstić information content (AvgIpc) is 2.74. The van der Waals surface area contributed by atoms with Gasteiger partial charge in [-0.2, -0.15) is 0 Å². The van der Waals surface area contributed by atoms with Crippen LogP contribution < -0.4 is 9.62 Å². The summed E-state index contributed by atoms with van der Waals surface area (Å²) in [5, 5.41) is 2.86. The highest BCUT2D eigenvalue weighted by atomic mass is 32.2. The van der Waals surface area contributed by atoms with Gasteiger partial charge in [-0.1, -0.05) is 35.9 Å². The summed E-state index contributed by atoms with van der Waals surface area (Å²) in [7, 11) is -2.31. The van der Waals surface area contributed by atoms with E-state index < -0.39 is 10.0 Å². The van der Waals surface area contributed by atoms with E-state index in [1.54, 1.807) is 68.4 Å². The number of carbonyl (C=O) groups is 1. The molecule has 0 spiro atoms. The molecule has 1 amide bonds. The van der Waals surface area contributed by atoms with Crippen molar-refractivity contribution in [3.05, 3.63) is 94.8 Å². The molecule has 0 heterocycles. The van der Waals surface area contributed by atoms with Gasteiger partial charge in [0, 0.05) is 12.6 Å². The first-order valence-corrected chi connectivity index (χ1v) is 11.3. The number of aryl methyl sites for hydroxylation is 2. The maximum atomic E-state index is 13.1. The van der Waals surface area contributed by atoms with Crippen molar-refractivity contribution in [2.24, 2.45) is 0 Å². The number of hydrogen-bond acceptors (Lipinski definition) is 3. The van der Waals surface area contributed by atoms with Crippen molar-refractivity contribution >= 4 is 21.6 Å². The van der Waals surface area contributed by atoms with Gasteiger partial charge < -0.3 is 5.32 Å². The number of nitrogens with one attached hydrogen (secondary N) is 1. The fourth-order valence-corrected chi connectivity index (χ4v) is 4.45. The molecule has 162 valence electrons. The lowest BCUT2D eigenvalue weighted by Crippen LogP contribution is -2.29. The van der Waals surface area contributed by atoms with Gasteiger partial charge in [-0.15, -0.1) is 0 Å². The molecule has 0 aliphatic rings. The molecule has 3 aromatic rings. The SMILES string of the molecule is Cc1ccc(S(=O)(=O)N(C)c2cc(C(=O)N[C@H](C)c3ccc(F)cc3)ccc2C)cc1. The molecule has 0 aromatic heterocycles. The Morgan fingerprint density at radius 1 is 0.968 bits per heavy atom. The van der Waals surface area contributed by atoms with Gasteiger partial charge >= 0.3 is 0 Å². The van der Waals surface area contributed by atoms with Crippen molar-refractivity contribution in [3.63, 3.8) is 0 Å². The highest BCUT2D eigenvalue weighted by Gasteiger charge is 2.23. The van der Waals surface area contributed by atoms with Gasteiger partial charge in [-0.05, 0) is 68.3 Å². The van der Waals surface area contributed by atoms with Crippen LogP contribution in [0.2, 0.25) is 0 Å². The molecule has 0 aliphatic heterocycles. The first kappa shape index (κ1) is 22.5. The van der Waals surface area contributed by atoms with Gasteiger partial charge in [0.15, 0.2) is 0 Å². The lowest BCUT2D eigenvalue weighted by Gasteiger charge is -2.22. The molecular weight excluding hydrogens is 415 g/mol. The molecule has 5 nitrogen and oxygen atoms in total. The Labute approximate surface area is 182 Å². The second-order valence-corrected chi connectivity index (χ2v) is 9.50. The summed E-state index contributed by atoms with van der Waals surface area (Å²) in [4.78, 5) is 13.0. The van der Waals surface area contributed by atoms with Crippen LogP contribution in [-0.4, -0.2) is 21.4 Å². The third-order valence-electron chi connectivity index (χ3n) is 5.21. The Kier molecular flexibility index (Phi) is 6.45. The number of rotatable bonds is 6. The number of sulfonamides is 1. The maximum absolute atomic E-state index is 13.1. The monoisotopic (exact) mass is 440 g/mol. The third kappa shape index (κ3) is 4.94. The highest BCUT2D eigenvalue weighted by molar-refractivity contribution is 7.92. The number of amides is 1. The Hall–Kier alpha value is -3.19. The lowest BCUT2D eigenvalue weighted by atomic mass is 10.1. The summed E-state index contributed by atoms with van der Waals surface area (Å²) in [6.45, 7) is 5.48. The standard InChI is InChI=1S/C24H25FN2O3S/c1-16-5-13-22(14-6-16)31(29,30)27(4)23-15-20(8-7-17(23)2)24(28)26-18(3)19-9-11-21(25)12-10-19/h5-15,18H,1-4H3,(H,26,28)/t18-/m1/s1. The van der Waals surface area contributed by atoms with E-state index in [0.717, 1.165) is 16.7 Å². The molecule has 31 heavy (non-hydrogen) atoms.